The zero-order valence-electron chi connectivity index (χ0n) is 60.9. The van der Waals surface area contributed by atoms with Crippen LogP contribution in [0.1, 0.15) is 172 Å². The number of nitrogens with one attached hydrogen (secondary N) is 4. The number of ether oxygens (including phenoxy) is 4. The van der Waals surface area contributed by atoms with Crippen molar-refractivity contribution in [3.8, 4) is 0 Å². The molecular formula is C69H111ClN13O16P2Si+. The highest BCUT2D eigenvalue weighted by Crippen LogP contribution is 2.50. The third-order valence-electron chi connectivity index (χ3n) is 19.4. The smallest absolute Gasteiger partial charge is 0.394 e. The Morgan fingerprint density at radius 1 is 0.569 bits per heavy atom. The summed E-state index contributed by atoms with van der Waals surface area (Å²) in [5, 5.41) is 40.2. The number of nitrogens with zero attached hydrogens (tertiary/aromatic N) is 9. The van der Waals surface area contributed by atoms with E-state index >= 15 is 0 Å². The molecule has 0 spiro atoms. The van der Waals surface area contributed by atoms with Crippen molar-refractivity contribution in [3.05, 3.63) is 114 Å². The first-order chi connectivity index (χ1) is 46.9. The molecule has 18 atom stereocenters. The average molecular weight is 1500 g/mol. The molecule has 0 bridgehead atoms. The SMILES string of the molecule is C.C.CC(C)(C)[Si](C)(C)Cl.CC[C@H]1O[C@@H](n2cnc3c(=O)[nH]c(C)cc32)[C@@H](O)C1C.CC[C@H]1O[C@@H](n2cnc3c(=O)[nH]c(C)cc32)[C@@H](O)C1O.CC[C@H]1O[C@@H](n2cnc3c(=O)[nH]c(C)cc32)[C@@H](OP(C)N(C(C)C)C(C)C)C1C.Cc1cc2c(ncn2[C@@H]2O[C@H](CO)C(C)[C@@H]2O[P+](=O)O)c(=O)[nH]1. The van der Waals surface area contributed by atoms with Crippen LogP contribution in [-0.2, 0) is 32.6 Å². The van der Waals surface area contributed by atoms with Crippen molar-refractivity contribution in [2.75, 3.05) is 13.3 Å². The van der Waals surface area contributed by atoms with E-state index in [1.165, 1.54) is 12.7 Å². The van der Waals surface area contributed by atoms with Gasteiger partial charge < -0.3 is 82.1 Å². The van der Waals surface area contributed by atoms with Crippen molar-refractivity contribution in [2.24, 2.45) is 17.8 Å². The van der Waals surface area contributed by atoms with Crippen molar-refractivity contribution in [1.29, 1.82) is 0 Å². The quantitative estimate of drug-likeness (QED) is 0.0261. The minimum absolute atomic E-state index is 0. The fraction of sp³-hybridized carbons (Fsp3) is 0.652. The number of imidazole rings is 4. The van der Waals surface area contributed by atoms with Crippen LogP contribution in [0.25, 0.3) is 44.1 Å². The number of fused-ring (bicyclic) bond motifs is 4. The summed E-state index contributed by atoms with van der Waals surface area (Å²) in [6, 6.07) is 8.12. The molecule has 6 unspecified atom stereocenters. The zero-order chi connectivity index (χ0) is 74.1. The largest absolute Gasteiger partial charge is 0.695 e. The van der Waals surface area contributed by atoms with Crippen molar-refractivity contribution in [1.82, 2.24) is 62.8 Å². The second-order valence-electron chi connectivity index (χ2n) is 28.5. The van der Waals surface area contributed by atoms with Crippen LogP contribution >= 0.6 is 27.6 Å². The normalized spacial score (nSPS) is 26.9. The van der Waals surface area contributed by atoms with Crippen molar-refractivity contribution >= 4 is 79.2 Å². The topological polar surface area (TPSA) is 380 Å². The number of aromatic nitrogens is 12. The molecule has 9 N–H and O–H groups in total. The molecule has 4 aliphatic heterocycles. The fourth-order valence-electron chi connectivity index (χ4n) is 13.0. The summed E-state index contributed by atoms with van der Waals surface area (Å²) < 4.78 is 56.1. The number of aromatic amines is 4. The van der Waals surface area contributed by atoms with Gasteiger partial charge in [0.1, 0.15) is 32.7 Å². The Morgan fingerprint density at radius 3 is 1.19 bits per heavy atom. The Morgan fingerprint density at radius 2 is 0.873 bits per heavy atom. The van der Waals surface area contributed by atoms with E-state index in [0.717, 1.165) is 29.7 Å². The molecule has 0 aromatic carbocycles. The van der Waals surface area contributed by atoms with Gasteiger partial charge in [-0.15, -0.1) is 9.42 Å². The van der Waals surface area contributed by atoms with E-state index in [1.807, 2.05) is 51.3 Å². The Kier molecular flexibility index (Phi) is 29.3. The summed E-state index contributed by atoms with van der Waals surface area (Å²) in [5.74, 6) is -0.00106. The predicted octanol–water partition coefficient (Wildman–Crippen LogP) is 10.9. The van der Waals surface area contributed by atoms with Crippen LogP contribution in [0.15, 0.2) is 68.8 Å². The van der Waals surface area contributed by atoms with E-state index in [-0.39, 0.29) is 91.5 Å². The third kappa shape index (κ3) is 18.4. The Balaban J connectivity index is 0.000000207. The number of H-pyrrole nitrogens is 4. The van der Waals surface area contributed by atoms with Crippen molar-refractivity contribution in [3.63, 3.8) is 0 Å². The maximum absolute atomic E-state index is 12.3. The summed E-state index contributed by atoms with van der Waals surface area (Å²) in [6.07, 6.45) is 1.98. The molecule has 4 aliphatic rings. The van der Waals surface area contributed by atoms with Gasteiger partial charge in [0.25, 0.3) is 22.2 Å². The molecular weight excluding hydrogens is 1390 g/mol. The van der Waals surface area contributed by atoms with Gasteiger partial charge in [0.15, 0.2) is 60.5 Å². The fourth-order valence-corrected chi connectivity index (χ4v) is 15.6. The summed E-state index contributed by atoms with van der Waals surface area (Å²) in [7, 11) is -5.01. The van der Waals surface area contributed by atoms with E-state index < -0.39 is 79.2 Å². The number of aliphatic hydroxyl groups is 4. The first-order valence-electron chi connectivity index (χ1n) is 34.1. The second kappa shape index (κ2) is 35.1. The van der Waals surface area contributed by atoms with Gasteiger partial charge in [-0.25, -0.2) is 19.9 Å². The summed E-state index contributed by atoms with van der Waals surface area (Å²) in [5.41, 5.74) is 5.88. The minimum atomic E-state index is -2.83. The lowest BCUT2D eigenvalue weighted by Crippen LogP contribution is -2.35. The van der Waals surface area contributed by atoms with Gasteiger partial charge in [0.05, 0.1) is 78.4 Å². The van der Waals surface area contributed by atoms with Crippen LogP contribution < -0.4 is 22.2 Å². The Labute approximate surface area is 603 Å². The summed E-state index contributed by atoms with van der Waals surface area (Å²) in [4.78, 5) is 84.5. The second-order valence-corrected chi connectivity index (χ2v) is 38.1. The maximum Gasteiger partial charge on any atom is 0.695 e. The molecule has 4 fully saturated rings. The molecule has 8 aromatic heterocycles. The highest BCUT2D eigenvalue weighted by atomic mass is 35.6. The third-order valence-corrected chi connectivity index (χ3v) is 27.3. The van der Waals surface area contributed by atoms with Gasteiger partial charge in [0.2, 0.25) is 0 Å². The highest BCUT2D eigenvalue weighted by molar-refractivity contribution is 7.49. The molecule has 0 saturated carbocycles. The van der Waals surface area contributed by atoms with E-state index in [2.05, 4.69) is 127 Å². The molecule has 4 saturated heterocycles. The summed E-state index contributed by atoms with van der Waals surface area (Å²) >= 11 is 6.15. The van der Waals surface area contributed by atoms with Crippen molar-refractivity contribution < 1.29 is 57.9 Å². The molecule has 12 rings (SSSR count). The van der Waals surface area contributed by atoms with Gasteiger partial charge >= 0.3 is 8.25 Å². The summed E-state index contributed by atoms with van der Waals surface area (Å²) in [6.45, 7) is 41.0. The van der Waals surface area contributed by atoms with E-state index in [1.54, 1.807) is 59.3 Å². The van der Waals surface area contributed by atoms with Gasteiger partial charge in [-0.1, -0.05) is 90.3 Å². The number of aliphatic hydroxyl groups excluding tert-OH is 4. The molecule has 0 aliphatic carbocycles. The molecule has 29 nitrogen and oxygen atoms in total. The molecule has 0 radical (unpaired) electrons. The van der Waals surface area contributed by atoms with Gasteiger partial charge in [-0.2, -0.15) is 11.1 Å². The average Bonchev–Trinajstić information content (AvgIpc) is 1.63. The van der Waals surface area contributed by atoms with Crippen LogP contribution in [0.3, 0.4) is 0 Å². The molecule has 102 heavy (non-hydrogen) atoms. The zero-order valence-corrected chi connectivity index (χ0v) is 64.4. The van der Waals surface area contributed by atoms with Crippen LogP contribution in [0.5, 0.6) is 0 Å². The first kappa shape index (κ1) is 85.2. The Hall–Kier alpha value is -5.76. The molecule has 33 heteroatoms. The maximum atomic E-state index is 12.3. The van der Waals surface area contributed by atoms with Gasteiger partial charge in [0, 0.05) is 57.2 Å². The lowest BCUT2D eigenvalue weighted by Gasteiger charge is -2.38. The number of hydrogen-bond donors (Lipinski definition) is 9. The van der Waals surface area contributed by atoms with E-state index in [4.69, 9.17) is 44.0 Å². The number of halogens is 1. The number of hydrogen-bond acceptors (Lipinski definition) is 20. The lowest BCUT2D eigenvalue weighted by atomic mass is 9.99. The van der Waals surface area contributed by atoms with Crippen LogP contribution in [0, 0.1) is 45.4 Å². The molecule has 8 aromatic rings. The van der Waals surface area contributed by atoms with Gasteiger partial charge in [-0.05, 0) is 111 Å². The van der Waals surface area contributed by atoms with E-state index in [0.29, 0.717) is 68.0 Å². The van der Waals surface area contributed by atoms with Crippen LogP contribution in [0.4, 0.5) is 0 Å². The molecule has 12 heterocycles. The standard InChI is InChI=1S/C21H35N4O3P.C14H19N3O3.C13H16N3O6P.C13H17N3O4.C6H15ClSi.2CH4/c1-9-17-15(7)19(28-29(8)25(12(2)3)13(4)5)21(27-17)24-11-22-18-16(24)10-14(6)23-20(18)26;1-4-10-8(3)12(18)14(20-10)17-6-15-11-9(17)5-7(2)16-13(11)19;1-6-3-8-10(12(18)15-6)14-5-16(8)13-11(22-23(19)20)7(2)9(4-17)21-13;1-3-8-10(17)11(18)13(20-8)16-5-14-9-7(16)4-6(2)15-12(9)19;1-6(2,3)8(4,5)7;;/h10-13,15,17,19,21H,9H2,1-8H3,(H,23,26);5-6,8,10,12,14,18H,4H2,1-3H3,(H,16,19);3,5,7,9,11,13,17H,4H2,1-2H3,(H-,15,18,19,20);4-5,8,10-11,13,17-18H,3H2,1-2H3,(H,15,19);1-5H3;2*1H4/p+1/t15?,17-,19+,21-,29?;8?,10-,12+,14-;7?,9-,11+,13-;8-,10?,11+,13-;;;/m1111.../s1. The first-order valence-corrected chi connectivity index (χ1v) is 40.9. The van der Waals surface area contributed by atoms with Crippen LogP contribution in [-0.4, -0.2) is 176 Å². The lowest BCUT2D eigenvalue weighted by molar-refractivity contribution is -0.0448. The highest BCUT2D eigenvalue weighted by Gasteiger charge is 2.50. The van der Waals surface area contributed by atoms with Gasteiger partial charge in [-0.3, -0.25) is 23.8 Å². The Bertz CT molecular complexity index is 4210. The van der Waals surface area contributed by atoms with Crippen LogP contribution in [0.2, 0.25) is 18.1 Å². The molecule has 0 amide bonds. The monoisotopic (exact) mass is 1500 g/mol. The number of aryl methyl sites for hydroxylation is 4. The predicted molar refractivity (Wildman–Crippen MR) is 401 cm³/mol. The molecule has 568 valence electrons. The van der Waals surface area contributed by atoms with Crippen molar-refractivity contribution in [2.45, 2.75) is 262 Å². The van der Waals surface area contributed by atoms with E-state index in [9.17, 15) is 44.2 Å². The minimum Gasteiger partial charge on any atom is -0.394 e. The number of pyridine rings is 4. The number of rotatable bonds is 15.